The quantitative estimate of drug-likeness (QED) is 0.328. The first-order valence-electron chi connectivity index (χ1n) is 13.0. The molecule has 39 heavy (non-hydrogen) atoms. The summed E-state index contributed by atoms with van der Waals surface area (Å²) >= 11 is 0. The van der Waals surface area contributed by atoms with Gasteiger partial charge in [-0.1, -0.05) is 0 Å². The number of rotatable bonds is 4. The van der Waals surface area contributed by atoms with Crippen molar-refractivity contribution in [2.75, 3.05) is 27.7 Å². The van der Waals surface area contributed by atoms with Crippen LogP contribution in [0.4, 0.5) is 4.39 Å². The van der Waals surface area contributed by atoms with Crippen LogP contribution in [-0.4, -0.2) is 89.6 Å². The molecule has 1 aromatic rings. The molecule has 1 amide bonds. The molecule has 3 aliphatic carbocycles. The number of aromatic hydroxyl groups is 1. The lowest BCUT2D eigenvalue weighted by atomic mass is 9.52. The van der Waals surface area contributed by atoms with E-state index in [1.165, 1.54) is 18.1 Å². The van der Waals surface area contributed by atoms with E-state index in [0.29, 0.717) is 29.7 Å². The summed E-state index contributed by atoms with van der Waals surface area (Å²) in [6, 6.07) is -0.0113. The number of halogens is 1. The number of nitrogens with zero attached hydrogens (tertiary/aromatic N) is 1. The van der Waals surface area contributed by atoms with Crippen LogP contribution in [0.5, 0.6) is 11.5 Å². The molecule has 1 heterocycles. The molecule has 1 aromatic carbocycles. The Bertz CT molecular complexity index is 1290. The Morgan fingerprint density at radius 1 is 1.28 bits per heavy atom. The van der Waals surface area contributed by atoms with Crippen molar-refractivity contribution in [3.8, 4) is 11.5 Å². The van der Waals surface area contributed by atoms with Crippen molar-refractivity contribution >= 4 is 29.0 Å². The molecular weight excluding hydrogens is 511 g/mol. The Kier molecular flexibility index (Phi) is 6.63. The van der Waals surface area contributed by atoms with E-state index in [-0.39, 0.29) is 36.7 Å². The van der Waals surface area contributed by atoms with Crippen molar-refractivity contribution in [2.24, 2.45) is 29.4 Å². The van der Waals surface area contributed by atoms with Crippen molar-refractivity contribution in [1.29, 1.82) is 5.41 Å². The topological polar surface area (TPSA) is 183 Å². The number of phenols is 1. The number of carbonyl (C=O) groups is 4. The zero-order valence-corrected chi connectivity index (χ0v) is 22.0. The van der Waals surface area contributed by atoms with Crippen molar-refractivity contribution in [3.05, 3.63) is 22.8 Å². The van der Waals surface area contributed by atoms with Gasteiger partial charge in [0.25, 0.3) is 0 Å². The summed E-state index contributed by atoms with van der Waals surface area (Å²) in [7, 11) is 4.58. The number of amides is 1. The molecule has 0 radical (unpaired) electrons. The van der Waals surface area contributed by atoms with Gasteiger partial charge in [0.2, 0.25) is 5.91 Å². The van der Waals surface area contributed by atoms with Crippen LogP contribution in [0, 0.1) is 29.1 Å². The maximum Gasteiger partial charge on any atom is 0.233 e. The first-order valence-corrected chi connectivity index (χ1v) is 13.0. The number of hydrogen-bond donors (Lipinski definition) is 5. The lowest BCUT2D eigenvalue weighted by Crippen LogP contribution is -2.73. The SMILES string of the molecule is COc1c(C2CCC(F)CN2)cc(O)c2c1CC1CC3C(N(C)C)C(=O)C(C(N)=O)C(=N)C3(O)C(=O)C1C2=O. The highest BCUT2D eigenvalue weighted by molar-refractivity contribution is 6.33. The minimum atomic E-state index is -2.55. The van der Waals surface area contributed by atoms with Gasteiger partial charge in [-0.3, -0.25) is 24.1 Å². The Hall–Kier alpha value is -3.22. The predicted molar refractivity (Wildman–Crippen MR) is 136 cm³/mol. The van der Waals surface area contributed by atoms with Crippen molar-refractivity contribution in [1.82, 2.24) is 10.2 Å². The monoisotopic (exact) mass is 544 g/mol. The van der Waals surface area contributed by atoms with E-state index < -0.39 is 70.5 Å². The highest BCUT2D eigenvalue weighted by atomic mass is 19.1. The molecule has 210 valence electrons. The minimum Gasteiger partial charge on any atom is -0.507 e. The Morgan fingerprint density at radius 2 is 1.97 bits per heavy atom. The van der Waals surface area contributed by atoms with Crippen LogP contribution in [0.3, 0.4) is 0 Å². The molecule has 6 N–H and O–H groups in total. The summed E-state index contributed by atoms with van der Waals surface area (Å²) in [6.07, 6.45) is -0.0361. The van der Waals surface area contributed by atoms with Crippen LogP contribution < -0.4 is 15.8 Å². The zero-order valence-electron chi connectivity index (χ0n) is 22.0. The van der Waals surface area contributed by atoms with Crippen molar-refractivity contribution in [3.63, 3.8) is 0 Å². The molecule has 4 aliphatic rings. The van der Waals surface area contributed by atoms with Crippen molar-refractivity contribution < 1.29 is 38.5 Å². The summed E-state index contributed by atoms with van der Waals surface area (Å²) in [6.45, 7) is 0.141. The van der Waals surface area contributed by atoms with Crippen molar-refractivity contribution in [2.45, 2.75) is 49.5 Å². The van der Waals surface area contributed by atoms with E-state index in [0.717, 1.165) is 0 Å². The molecule has 0 aromatic heterocycles. The molecular formula is C27H33FN4O7. The van der Waals surface area contributed by atoms with Gasteiger partial charge in [-0.15, -0.1) is 0 Å². The first-order chi connectivity index (χ1) is 18.3. The van der Waals surface area contributed by atoms with Gasteiger partial charge in [-0.05, 0) is 51.8 Å². The third-order valence-electron chi connectivity index (χ3n) is 9.04. The molecule has 1 aliphatic heterocycles. The number of ketones is 3. The summed E-state index contributed by atoms with van der Waals surface area (Å²) in [5, 5.41) is 34.4. The van der Waals surface area contributed by atoms with Crippen LogP contribution >= 0.6 is 0 Å². The number of hydrogen-bond acceptors (Lipinski definition) is 10. The fourth-order valence-electron chi connectivity index (χ4n) is 7.32. The summed E-state index contributed by atoms with van der Waals surface area (Å²) in [5.41, 5.74) is 2.95. The van der Waals surface area contributed by atoms with Gasteiger partial charge < -0.3 is 31.4 Å². The van der Waals surface area contributed by atoms with E-state index in [1.54, 1.807) is 14.1 Å². The first kappa shape index (κ1) is 27.4. The summed E-state index contributed by atoms with van der Waals surface area (Å²) in [5.74, 6) is -8.45. The molecule has 3 fully saturated rings. The Morgan fingerprint density at radius 3 is 2.54 bits per heavy atom. The summed E-state index contributed by atoms with van der Waals surface area (Å²) in [4.78, 5) is 54.7. The van der Waals surface area contributed by atoms with Gasteiger partial charge in [-0.2, -0.15) is 0 Å². The zero-order chi connectivity index (χ0) is 28.5. The number of nitrogens with one attached hydrogen (secondary N) is 2. The molecule has 2 saturated carbocycles. The highest BCUT2D eigenvalue weighted by Gasteiger charge is 2.67. The molecule has 1 saturated heterocycles. The maximum absolute atomic E-state index is 13.9. The molecule has 8 unspecified atom stereocenters. The van der Waals surface area contributed by atoms with E-state index in [4.69, 9.17) is 15.9 Å². The third-order valence-corrected chi connectivity index (χ3v) is 9.04. The molecule has 8 atom stereocenters. The van der Waals surface area contributed by atoms with E-state index in [1.807, 2.05) is 0 Å². The average molecular weight is 545 g/mol. The maximum atomic E-state index is 13.9. The molecule has 5 rings (SSSR count). The number of benzene rings is 1. The highest BCUT2D eigenvalue weighted by Crippen LogP contribution is 2.53. The Balaban J connectivity index is 1.61. The van der Waals surface area contributed by atoms with Crippen LogP contribution in [0.2, 0.25) is 0 Å². The standard InChI is InChI=1S/C27H33FN4O7/c1-32(2)20-14-7-10-6-13-18(16(33)8-12(23(13)39-3)15-5-4-11(28)9-31-15)21(34)17(10)25(36)27(14,38)24(29)19(22(20)35)26(30)37/h8,10-11,14-15,17,19-20,29,31,33,38H,4-7,9H2,1-3H3,(H2,30,37). The fraction of sp³-hybridized carbons (Fsp3) is 0.593. The number of Topliss-reactive ketones (excluding diaryl/α,β-unsaturated/α-hetero) is 3. The normalized spacial score (nSPS) is 36.3. The number of phenolic OH excluding ortho intramolecular Hbond substituents is 1. The number of likely N-dealkylation sites (N-methyl/N-ethyl adjacent to an activating group) is 1. The lowest BCUT2D eigenvalue weighted by molar-refractivity contribution is -0.157. The van der Waals surface area contributed by atoms with Gasteiger partial charge >= 0.3 is 0 Å². The largest absolute Gasteiger partial charge is 0.507 e. The minimum absolute atomic E-state index is 0.0277. The number of fused-ring (bicyclic) bond motifs is 3. The van der Waals surface area contributed by atoms with Gasteiger partial charge in [0.1, 0.15) is 23.6 Å². The second-order valence-corrected chi connectivity index (χ2v) is 11.3. The van der Waals surface area contributed by atoms with Crippen LogP contribution in [0.25, 0.3) is 0 Å². The van der Waals surface area contributed by atoms with Gasteiger partial charge in [0, 0.05) is 29.6 Å². The predicted octanol–water partition coefficient (Wildman–Crippen LogP) is 0.0889. The molecule has 0 bridgehead atoms. The number of alkyl halides is 1. The molecule has 11 nitrogen and oxygen atoms in total. The van der Waals surface area contributed by atoms with Gasteiger partial charge in [0.15, 0.2) is 23.0 Å². The number of piperidine rings is 1. The lowest BCUT2D eigenvalue weighted by Gasteiger charge is -2.53. The Labute approximate surface area is 224 Å². The van der Waals surface area contributed by atoms with Crippen LogP contribution in [0.15, 0.2) is 6.07 Å². The van der Waals surface area contributed by atoms with Gasteiger partial charge in [0.05, 0.1) is 30.3 Å². The van der Waals surface area contributed by atoms with Gasteiger partial charge in [-0.25, -0.2) is 4.39 Å². The third kappa shape index (κ3) is 3.83. The number of methoxy groups -OCH3 is 1. The number of nitrogens with two attached hydrogens (primary N) is 1. The van der Waals surface area contributed by atoms with Crippen LogP contribution in [0.1, 0.15) is 46.8 Å². The number of ether oxygens (including phenoxy) is 1. The second kappa shape index (κ2) is 9.46. The van der Waals surface area contributed by atoms with Crippen LogP contribution in [-0.2, 0) is 20.8 Å². The molecule has 0 spiro atoms. The molecule has 12 heteroatoms. The van der Waals surface area contributed by atoms with E-state index >= 15 is 0 Å². The smallest absolute Gasteiger partial charge is 0.233 e. The number of aliphatic hydroxyl groups is 1. The summed E-state index contributed by atoms with van der Waals surface area (Å²) < 4.78 is 19.5. The number of carbonyl (C=O) groups excluding carboxylic acids is 4. The van der Waals surface area contributed by atoms with E-state index in [9.17, 15) is 33.8 Å². The fourth-order valence-corrected chi connectivity index (χ4v) is 7.32. The second-order valence-electron chi connectivity index (χ2n) is 11.3. The number of primary amides is 1. The average Bonchev–Trinajstić information content (AvgIpc) is 2.86. The van der Waals surface area contributed by atoms with E-state index in [2.05, 4.69) is 5.32 Å².